The number of amides is 1. The second kappa shape index (κ2) is 7.23. The van der Waals surface area contributed by atoms with Crippen molar-refractivity contribution in [1.29, 1.82) is 0 Å². The van der Waals surface area contributed by atoms with E-state index in [0.717, 1.165) is 43.4 Å². The number of carbonyl (C=O) groups is 2. The summed E-state index contributed by atoms with van der Waals surface area (Å²) in [7, 11) is 0. The number of carbonyl (C=O) groups excluding carboxylic acids is 2. The molecule has 1 amide bonds. The van der Waals surface area contributed by atoms with Crippen molar-refractivity contribution in [2.24, 2.45) is 0 Å². The second-order valence-corrected chi connectivity index (χ2v) is 8.21. The zero-order chi connectivity index (χ0) is 18.1. The van der Waals surface area contributed by atoms with Crippen molar-refractivity contribution in [2.75, 3.05) is 0 Å². The molecule has 1 heterocycles. The summed E-state index contributed by atoms with van der Waals surface area (Å²) in [5.41, 5.74) is 3.74. The van der Waals surface area contributed by atoms with Crippen LogP contribution in [0.4, 0.5) is 0 Å². The number of nitrogens with one attached hydrogen (secondary N) is 1. The molecule has 26 heavy (non-hydrogen) atoms. The standard InChI is InChI=1S/C21H23NO3S/c1-13(20(23)22-16-7-3-4-8-16)25-21(24)18-12-15-11-10-14-6-2-5-9-17(14)19(15)26-18/h2,5-6,9,12-13,16H,3-4,7-8,10-11H2,1H3,(H,22,23)/t13-/m1/s1. The second-order valence-electron chi connectivity index (χ2n) is 7.16. The average molecular weight is 369 g/mol. The van der Waals surface area contributed by atoms with E-state index in [-0.39, 0.29) is 11.9 Å². The van der Waals surface area contributed by atoms with E-state index in [1.165, 1.54) is 28.0 Å². The maximum Gasteiger partial charge on any atom is 0.349 e. The van der Waals surface area contributed by atoms with E-state index < -0.39 is 12.1 Å². The van der Waals surface area contributed by atoms with Gasteiger partial charge >= 0.3 is 5.97 Å². The Bertz CT molecular complexity index is 836. The Labute approximate surface area is 157 Å². The molecule has 1 fully saturated rings. The first-order valence-corrected chi connectivity index (χ1v) is 10.2. The predicted octanol–water partition coefficient (Wildman–Crippen LogP) is 4.12. The molecule has 1 saturated carbocycles. The number of rotatable bonds is 4. The topological polar surface area (TPSA) is 55.4 Å². The zero-order valence-electron chi connectivity index (χ0n) is 14.9. The Morgan fingerprint density at radius 3 is 2.69 bits per heavy atom. The molecular weight excluding hydrogens is 346 g/mol. The number of ether oxygens (including phenoxy) is 1. The largest absolute Gasteiger partial charge is 0.448 e. The van der Waals surface area contributed by atoms with Crippen LogP contribution in [0.5, 0.6) is 0 Å². The molecule has 1 aromatic heterocycles. The normalized spacial score (nSPS) is 17.3. The molecule has 2 aliphatic carbocycles. The lowest BCUT2D eigenvalue weighted by atomic mass is 9.91. The third-order valence-electron chi connectivity index (χ3n) is 5.29. The molecule has 1 aromatic carbocycles. The van der Waals surface area contributed by atoms with Crippen molar-refractivity contribution >= 4 is 23.2 Å². The highest BCUT2D eigenvalue weighted by Gasteiger charge is 2.26. The van der Waals surface area contributed by atoms with Crippen molar-refractivity contribution in [2.45, 2.75) is 57.6 Å². The van der Waals surface area contributed by atoms with Crippen molar-refractivity contribution < 1.29 is 14.3 Å². The summed E-state index contributed by atoms with van der Waals surface area (Å²) < 4.78 is 5.43. The van der Waals surface area contributed by atoms with Crippen LogP contribution in [0.3, 0.4) is 0 Å². The van der Waals surface area contributed by atoms with Crippen LogP contribution < -0.4 is 5.32 Å². The van der Waals surface area contributed by atoms with Gasteiger partial charge in [-0.05, 0) is 55.4 Å². The van der Waals surface area contributed by atoms with Crippen LogP contribution >= 0.6 is 11.3 Å². The lowest BCUT2D eigenvalue weighted by Crippen LogP contribution is -2.40. The number of benzene rings is 1. The van der Waals surface area contributed by atoms with Gasteiger partial charge in [0, 0.05) is 10.9 Å². The molecule has 0 bridgehead atoms. The SMILES string of the molecule is C[C@@H](OC(=O)c1cc2c(s1)-c1ccccc1CC2)C(=O)NC1CCCC1. The molecule has 4 rings (SSSR count). The van der Waals surface area contributed by atoms with Gasteiger partial charge in [0.1, 0.15) is 4.88 Å². The minimum Gasteiger partial charge on any atom is -0.448 e. The van der Waals surface area contributed by atoms with Crippen LogP contribution in [0.1, 0.15) is 53.4 Å². The quantitative estimate of drug-likeness (QED) is 0.825. The van der Waals surface area contributed by atoms with E-state index in [2.05, 4.69) is 23.5 Å². The Hall–Kier alpha value is -2.14. The Morgan fingerprint density at radius 2 is 1.88 bits per heavy atom. The minimum absolute atomic E-state index is 0.197. The fourth-order valence-electron chi connectivity index (χ4n) is 3.83. The van der Waals surface area contributed by atoms with E-state index in [9.17, 15) is 9.59 Å². The van der Waals surface area contributed by atoms with Gasteiger partial charge in [0.15, 0.2) is 6.10 Å². The molecule has 1 atom stereocenters. The lowest BCUT2D eigenvalue weighted by molar-refractivity contribution is -0.129. The minimum atomic E-state index is -0.769. The highest BCUT2D eigenvalue weighted by atomic mass is 32.1. The fraction of sp³-hybridized carbons (Fsp3) is 0.429. The van der Waals surface area contributed by atoms with E-state index in [0.29, 0.717) is 4.88 Å². The van der Waals surface area contributed by atoms with Crippen LogP contribution in [0, 0.1) is 0 Å². The van der Waals surface area contributed by atoms with E-state index in [1.54, 1.807) is 6.92 Å². The van der Waals surface area contributed by atoms with Gasteiger partial charge in [-0.3, -0.25) is 4.79 Å². The summed E-state index contributed by atoms with van der Waals surface area (Å²) in [6, 6.07) is 10.5. The first-order valence-electron chi connectivity index (χ1n) is 9.34. The maximum atomic E-state index is 12.5. The van der Waals surface area contributed by atoms with Gasteiger partial charge in [-0.25, -0.2) is 4.79 Å². The van der Waals surface area contributed by atoms with Gasteiger partial charge in [-0.2, -0.15) is 0 Å². The van der Waals surface area contributed by atoms with Crippen molar-refractivity contribution in [1.82, 2.24) is 5.32 Å². The highest BCUT2D eigenvalue weighted by Crippen LogP contribution is 2.39. The summed E-state index contributed by atoms with van der Waals surface area (Å²) in [5.74, 6) is -0.604. The Kier molecular flexibility index (Phi) is 4.81. The van der Waals surface area contributed by atoms with E-state index in [4.69, 9.17) is 4.74 Å². The summed E-state index contributed by atoms with van der Waals surface area (Å²) in [6.07, 6.45) is 5.51. The third-order valence-corrected chi connectivity index (χ3v) is 6.48. The monoisotopic (exact) mass is 369 g/mol. The molecular formula is C21H23NO3S. The summed E-state index contributed by atoms with van der Waals surface area (Å²) in [6.45, 7) is 1.64. The zero-order valence-corrected chi connectivity index (χ0v) is 15.7. The molecule has 0 spiro atoms. The van der Waals surface area contributed by atoms with Crippen LogP contribution in [0.25, 0.3) is 10.4 Å². The van der Waals surface area contributed by atoms with Crippen LogP contribution in [0.15, 0.2) is 30.3 Å². The summed E-state index contributed by atoms with van der Waals surface area (Å²) in [5, 5.41) is 2.98. The lowest BCUT2D eigenvalue weighted by Gasteiger charge is -2.16. The average Bonchev–Trinajstić information content (AvgIpc) is 3.31. The van der Waals surface area contributed by atoms with Gasteiger partial charge < -0.3 is 10.1 Å². The third kappa shape index (κ3) is 3.40. The van der Waals surface area contributed by atoms with Crippen LogP contribution in [0.2, 0.25) is 0 Å². The first-order chi connectivity index (χ1) is 12.6. The molecule has 4 nitrogen and oxygen atoms in total. The summed E-state index contributed by atoms with van der Waals surface area (Å²) >= 11 is 1.47. The molecule has 1 N–H and O–H groups in total. The molecule has 2 aromatic rings. The molecule has 0 saturated heterocycles. The number of hydrogen-bond acceptors (Lipinski definition) is 4. The van der Waals surface area contributed by atoms with Crippen molar-refractivity contribution in [3.8, 4) is 10.4 Å². The van der Waals surface area contributed by atoms with Crippen LogP contribution in [-0.4, -0.2) is 24.0 Å². The smallest absolute Gasteiger partial charge is 0.349 e. The number of hydrogen-bond donors (Lipinski definition) is 1. The molecule has 136 valence electrons. The predicted molar refractivity (Wildman–Crippen MR) is 102 cm³/mol. The first kappa shape index (κ1) is 17.3. The van der Waals surface area contributed by atoms with Gasteiger partial charge in [0.25, 0.3) is 5.91 Å². The highest BCUT2D eigenvalue weighted by molar-refractivity contribution is 7.17. The molecule has 2 aliphatic rings. The number of fused-ring (bicyclic) bond motifs is 3. The molecule has 5 heteroatoms. The van der Waals surface area contributed by atoms with Gasteiger partial charge in [0.05, 0.1) is 0 Å². The maximum absolute atomic E-state index is 12.5. The fourth-order valence-corrected chi connectivity index (χ4v) is 4.99. The molecule has 0 unspecified atom stereocenters. The van der Waals surface area contributed by atoms with Crippen molar-refractivity contribution in [3.05, 3.63) is 46.3 Å². The number of aryl methyl sites for hydroxylation is 2. The number of thiophene rings is 1. The van der Waals surface area contributed by atoms with Crippen LogP contribution in [-0.2, 0) is 22.4 Å². The molecule has 0 aliphatic heterocycles. The van der Waals surface area contributed by atoms with E-state index >= 15 is 0 Å². The van der Waals surface area contributed by atoms with Gasteiger partial charge in [-0.15, -0.1) is 11.3 Å². The Balaban J connectivity index is 1.44. The summed E-state index contributed by atoms with van der Waals surface area (Å²) in [4.78, 5) is 26.5. The Morgan fingerprint density at radius 1 is 1.15 bits per heavy atom. The molecule has 0 radical (unpaired) electrons. The van der Waals surface area contributed by atoms with Gasteiger partial charge in [0.2, 0.25) is 0 Å². The van der Waals surface area contributed by atoms with E-state index in [1.807, 2.05) is 12.1 Å². The number of esters is 1. The van der Waals surface area contributed by atoms with Crippen molar-refractivity contribution in [3.63, 3.8) is 0 Å². The van der Waals surface area contributed by atoms with Gasteiger partial charge in [-0.1, -0.05) is 37.1 Å².